The Labute approximate surface area is 165 Å². The van der Waals surface area contributed by atoms with E-state index in [1.807, 2.05) is 0 Å². The highest BCUT2D eigenvalue weighted by Crippen LogP contribution is 2.27. The van der Waals surface area contributed by atoms with E-state index < -0.39 is 5.97 Å². The van der Waals surface area contributed by atoms with Crippen molar-refractivity contribution in [1.82, 2.24) is 9.97 Å². The zero-order valence-corrected chi connectivity index (χ0v) is 17.0. The van der Waals surface area contributed by atoms with Crippen molar-refractivity contribution in [1.29, 1.82) is 0 Å². The number of nitrogens with zero attached hydrogens (tertiary/aromatic N) is 1. The zero-order chi connectivity index (χ0) is 20.4. The van der Waals surface area contributed by atoms with Gasteiger partial charge in [0.15, 0.2) is 5.82 Å². The van der Waals surface area contributed by atoms with E-state index in [2.05, 4.69) is 29.1 Å². The minimum atomic E-state index is -0.468. The summed E-state index contributed by atoms with van der Waals surface area (Å²) >= 11 is 1.16. The van der Waals surface area contributed by atoms with Crippen LogP contribution in [0.3, 0.4) is 0 Å². The van der Waals surface area contributed by atoms with Crippen LogP contribution in [0.25, 0.3) is 10.2 Å². The molecule has 0 saturated carbocycles. The Morgan fingerprint density at radius 2 is 2.00 bits per heavy atom. The van der Waals surface area contributed by atoms with Crippen molar-refractivity contribution < 1.29 is 19.2 Å². The van der Waals surface area contributed by atoms with Gasteiger partial charge in [-0.05, 0) is 24.6 Å². The van der Waals surface area contributed by atoms with E-state index in [9.17, 15) is 14.0 Å². The lowest BCUT2D eigenvalue weighted by molar-refractivity contribution is -0.718. The first-order chi connectivity index (χ1) is 13.3. The van der Waals surface area contributed by atoms with E-state index >= 15 is 0 Å². The predicted molar refractivity (Wildman–Crippen MR) is 106 cm³/mol. The molecule has 0 fully saturated rings. The average Bonchev–Trinajstić information content (AvgIpc) is 2.99. The van der Waals surface area contributed by atoms with E-state index in [1.54, 1.807) is 19.1 Å². The number of methoxy groups -OCH3 is 1. The summed E-state index contributed by atoms with van der Waals surface area (Å²) in [5.74, 6) is 0.0973. The van der Waals surface area contributed by atoms with Crippen LogP contribution in [0.15, 0.2) is 29.1 Å². The van der Waals surface area contributed by atoms with Gasteiger partial charge < -0.3 is 15.0 Å². The number of carbonyl (C=O) groups excluding carboxylic acids is 1. The maximum Gasteiger partial charge on any atom is 0.348 e. The van der Waals surface area contributed by atoms with Gasteiger partial charge in [-0.25, -0.2) is 14.2 Å². The third kappa shape index (κ3) is 3.98. The minimum absolute atomic E-state index is 0.0947. The Kier molecular flexibility index (Phi) is 5.90. The van der Waals surface area contributed by atoms with Crippen molar-refractivity contribution in [2.24, 2.45) is 5.92 Å². The van der Waals surface area contributed by atoms with Crippen molar-refractivity contribution in [3.05, 3.63) is 62.3 Å². The van der Waals surface area contributed by atoms with Crippen molar-refractivity contribution in [3.8, 4) is 0 Å². The number of fused-ring (bicyclic) bond motifs is 1. The van der Waals surface area contributed by atoms with Gasteiger partial charge in [0.05, 0.1) is 12.5 Å². The number of nitrogens with two attached hydrogens (primary N) is 1. The van der Waals surface area contributed by atoms with Crippen LogP contribution < -0.4 is 10.9 Å². The summed E-state index contributed by atoms with van der Waals surface area (Å²) < 4.78 is 18.0. The highest BCUT2D eigenvalue weighted by molar-refractivity contribution is 7.20. The maximum absolute atomic E-state index is 13.2. The molecule has 6 nitrogen and oxygen atoms in total. The number of esters is 1. The molecule has 1 atom stereocenters. The number of nitrogens with one attached hydrogen (secondary N) is 1. The average molecular weight is 404 g/mol. The number of aromatic nitrogens is 2. The Morgan fingerprint density at radius 1 is 1.32 bits per heavy atom. The van der Waals surface area contributed by atoms with Gasteiger partial charge in [-0.15, -0.1) is 11.3 Å². The fourth-order valence-electron chi connectivity index (χ4n) is 3.29. The second-order valence-corrected chi connectivity index (χ2v) is 8.00. The second kappa shape index (κ2) is 8.20. The molecular weight excluding hydrogens is 381 g/mol. The number of rotatable bonds is 6. The fourth-order valence-corrected chi connectivity index (χ4v) is 4.41. The third-order valence-corrected chi connectivity index (χ3v) is 5.92. The molecule has 3 rings (SSSR count). The molecule has 8 heteroatoms. The molecular formula is C20H23FN3O3S+. The molecule has 3 aromatic rings. The van der Waals surface area contributed by atoms with Gasteiger partial charge in [-0.1, -0.05) is 26.0 Å². The minimum Gasteiger partial charge on any atom is -0.465 e. The van der Waals surface area contributed by atoms with Crippen LogP contribution in [0.1, 0.15) is 46.5 Å². The van der Waals surface area contributed by atoms with Crippen LogP contribution in [-0.4, -0.2) is 23.0 Å². The highest BCUT2D eigenvalue weighted by atomic mass is 32.1. The second-order valence-electron chi connectivity index (χ2n) is 7.00. The normalized spacial score (nSPS) is 12.5. The number of quaternary nitrogens is 1. The van der Waals surface area contributed by atoms with E-state index in [4.69, 9.17) is 4.74 Å². The lowest BCUT2D eigenvalue weighted by Gasteiger charge is -2.19. The topological polar surface area (TPSA) is 88.7 Å². The summed E-state index contributed by atoms with van der Waals surface area (Å²) in [6.45, 7) is 6.36. The highest BCUT2D eigenvalue weighted by Gasteiger charge is 2.22. The number of thiophene rings is 1. The maximum atomic E-state index is 13.2. The quantitative estimate of drug-likeness (QED) is 0.618. The largest absolute Gasteiger partial charge is 0.465 e. The number of H-pyrrole nitrogens is 1. The molecule has 0 amide bonds. The Balaban J connectivity index is 1.88. The number of benzene rings is 1. The molecule has 2 heterocycles. The first kappa shape index (κ1) is 20.2. The summed E-state index contributed by atoms with van der Waals surface area (Å²) in [4.78, 5) is 32.7. The van der Waals surface area contributed by atoms with Gasteiger partial charge in [0, 0.05) is 11.5 Å². The summed E-state index contributed by atoms with van der Waals surface area (Å²) in [6, 6.07) is 6.56. The molecule has 0 saturated heterocycles. The standard InChI is InChI=1S/C20H22FN3O3S/c1-10(2)16(12-5-7-13(21)8-6-12)22-9-14-23-18(25)15-11(3)17(20(26)27-4)28-19(15)24-14/h5-8,10,16,22H,9H2,1-4H3,(H,23,24,25)/p+1/t16-/m0/s1. The van der Waals surface area contributed by atoms with Gasteiger partial charge in [-0.2, -0.15) is 0 Å². The fraction of sp³-hybridized carbons (Fsp3) is 0.350. The van der Waals surface area contributed by atoms with Crippen molar-refractivity contribution in [2.75, 3.05) is 7.11 Å². The lowest BCUT2D eigenvalue weighted by atomic mass is 9.96. The van der Waals surface area contributed by atoms with E-state index in [0.717, 1.165) is 16.9 Å². The number of hydrogen-bond acceptors (Lipinski definition) is 5. The molecule has 0 unspecified atom stereocenters. The van der Waals surface area contributed by atoms with Crippen LogP contribution in [0.5, 0.6) is 0 Å². The Hall–Kier alpha value is -2.58. The number of carbonyl (C=O) groups is 1. The molecule has 0 spiro atoms. The molecule has 0 aliphatic rings. The van der Waals surface area contributed by atoms with Crippen LogP contribution in [0, 0.1) is 18.7 Å². The van der Waals surface area contributed by atoms with Crippen LogP contribution in [-0.2, 0) is 11.3 Å². The van der Waals surface area contributed by atoms with Crippen molar-refractivity contribution in [2.45, 2.75) is 33.4 Å². The first-order valence-electron chi connectivity index (χ1n) is 9.01. The van der Waals surface area contributed by atoms with E-state index in [-0.39, 0.29) is 17.4 Å². The molecule has 2 aromatic heterocycles. The number of aryl methyl sites for hydroxylation is 1. The molecule has 148 valence electrons. The lowest BCUT2D eigenvalue weighted by Crippen LogP contribution is -2.85. The number of aromatic amines is 1. The zero-order valence-electron chi connectivity index (χ0n) is 16.2. The number of halogens is 1. The SMILES string of the molecule is COC(=O)c1sc2nc(C[NH2+][C@H](c3ccc(F)cc3)C(C)C)[nH]c(=O)c2c1C. The van der Waals surface area contributed by atoms with Crippen molar-refractivity contribution >= 4 is 27.5 Å². The predicted octanol–water partition coefficient (Wildman–Crippen LogP) is 2.68. The molecule has 28 heavy (non-hydrogen) atoms. The van der Waals surface area contributed by atoms with Crippen LogP contribution in [0.4, 0.5) is 4.39 Å². The van der Waals surface area contributed by atoms with Crippen LogP contribution in [0.2, 0.25) is 0 Å². The number of ether oxygens (including phenoxy) is 1. The Bertz CT molecular complexity index is 1060. The summed E-state index contributed by atoms with van der Waals surface area (Å²) in [5.41, 5.74) is 1.34. The molecule has 3 N–H and O–H groups in total. The molecule has 0 aliphatic heterocycles. The molecule has 0 radical (unpaired) electrons. The van der Waals surface area contributed by atoms with Crippen molar-refractivity contribution in [3.63, 3.8) is 0 Å². The molecule has 0 aliphatic carbocycles. The smallest absolute Gasteiger partial charge is 0.348 e. The van der Waals surface area contributed by atoms with E-state index in [1.165, 1.54) is 19.2 Å². The van der Waals surface area contributed by atoms with Gasteiger partial charge in [-0.3, -0.25) is 4.79 Å². The first-order valence-corrected chi connectivity index (χ1v) is 9.82. The summed E-state index contributed by atoms with van der Waals surface area (Å²) in [5, 5.41) is 2.50. The summed E-state index contributed by atoms with van der Waals surface area (Å²) in [6.07, 6.45) is 0. The van der Waals surface area contributed by atoms with Gasteiger partial charge >= 0.3 is 5.97 Å². The number of hydrogen-bond donors (Lipinski definition) is 2. The van der Waals surface area contributed by atoms with Gasteiger partial charge in [0.2, 0.25) is 0 Å². The molecule has 0 bridgehead atoms. The third-order valence-electron chi connectivity index (χ3n) is 4.76. The van der Waals surface area contributed by atoms with Gasteiger partial charge in [0.1, 0.15) is 28.1 Å². The monoisotopic (exact) mass is 404 g/mol. The summed E-state index contributed by atoms with van der Waals surface area (Å²) in [7, 11) is 1.31. The van der Waals surface area contributed by atoms with Gasteiger partial charge in [0.25, 0.3) is 5.56 Å². The Morgan fingerprint density at radius 3 is 2.61 bits per heavy atom. The van der Waals surface area contributed by atoms with Crippen LogP contribution >= 0.6 is 11.3 Å². The van der Waals surface area contributed by atoms with E-state index in [0.29, 0.717) is 38.9 Å². The molecule has 1 aromatic carbocycles.